The van der Waals surface area contributed by atoms with Crippen LogP contribution in [0.1, 0.15) is 41.5 Å². The number of hydrogen-bond donors (Lipinski definition) is 1. The third-order valence-electron chi connectivity index (χ3n) is 10.5. The summed E-state index contributed by atoms with van der Waals surface area (Å²) in [4.78, 5) is 30.5. The van der Waals surface area contributed by atoms with Gasteiger partial charge in [0.15, 0.2) is 0 Å². The predicted octanol–water partition coefficient (Wildman–Crippen LogP) is 8.47. The van der Waals surface area contributed by atoms with Crippen molar-refractivity contribution in [3.05, 3.63) is 166 Å². The molecular weight excluding hydrogens is 730 g/mol. The average Bonchev–Trinajstić information content (AvgIpc) is 3.18. The van der Waals surface area contributed by atoms with Gasteiger partial charge in [-0.25, -0.2) is 4.79 Å². The van der Waals surface area contributed by atoms with Gasteiger partial charge in [0.1, 0.15) is 17.5 Å². The zero-order valence-electron chi connectivity index (χ0n) is 29.9. The molecule has 0 bridgehead atoms. The first-order valence-electron chi connectivity index (χ1n) is 18.0. The molecule has 2 amide bonds. The van der Waals surface area contributed by atoms with Gasteiger partial charge in [-0.15, -0.1) is 0 Å². The molecule has 2 aliphatic heterocycles. The molecule has 0 aliphatic carbocycles. The molecule has 272 valence electrons. The summed E-state index contributed by atoms with van der Waals surface area (Å²) in [5.41, 5.74) is 4.02. The molecule has 2 fully saturated rings. The Morgan fingerprint density at radius 3 is 1.87 bits per heavy atom. The molecule has 9 heteroatoms. The Balaban J connectivity index is 1.26. The molecule has 7 rings (SSSR count). The summed E-state index contributed by atoms with van der Waals surface area (Å²) in [5, 5.41) is 3.07. The van der Waals surface area contributed by atoms with Crippen LogP contribution in [0.2, 0.25) is 0 Å². The maximum absolute atomic E-state index is 13.9. The van der Waals surface area contributed by atoms with E-state index in [0.717, 1.165) is 26.7 Å². The minimum absolute atomic E-state index is 0.0236. The molecule has 53 heavy (non-hydrogen) atoms. The Morgan fingerprint density at radius 1 is 0.774 bits per heavy atom. The van der Waals surface area contributed by atoms with E-state index in [1.807, 2.05) is 47.4 Å². The molecule has 2 heterocycles. The number of nitrogens with zero attached hydrogens (tertiary/aromatic N) is 2. The highest BCUT2D eigenvalue weighted by atomic mass is 79.9. The van der Waals surface area contributed by atoms with Gasteiger partial charge in [-0.2, -0.15) is 0 Å². The third kappa shape index (κ3) is 7.88. The Hall–Kier alpha value is -4.96. The second kappa shape index (κ2) is 16.4. The van der Waals surface area contributed by atoms with Crippen LogP contribution in [0, 0.1) is 0 Å². The summed E-state index contributed by atoms with van der Waals surface area (Å²) in [5.74, 6) is 0.399. The fourth-order valence-electron chi connectivity index (χ4n) is 7.95. The maximum Gasteiger partial charge on any atom is 0.321 e. The van der Waals surface area contributed by atoms with Gasteiger partial charge in [0, 0.05) is 61.1 Å². The fraction of sp³-hybridized carbons (Fsp3) is 0.273. The number of urea groups is 1. The number of carbonyl (C=O) groups is 2. The molecule has 0 unspecified atom stereocenters. The van der Waals surface area contributed by atoms with Crippen molar-refractivity contribution < 1.29 is 23.8 Å². The van der Waals surface area contributed by atoms with Gasteiger partial charge >= 0.3 is 12.0 Å². The van der Waals surface area contributed by atoms with Crippen LogP contribution < -0.4 is 10.1 Å². The topological polar surface area (TPSA) is 80.3 Å². The van der Waals surface area contributed by atoms with Gasteiger partial charge < -0.3 is 24.4 Å². The number of ether oxygens (including phenoxy) is 3. The van der Waals surface area contributed by atoms with Crippen molar-refractivity contribution in [3.8, 4) is 5.75 Å². The summed E-state index contributed by atoms with van der Waals surface area (Å²) >= 11 is 3.62. The van der Waals surface area contributed by atoms with Crippen molar-refractivity contribution in [1.29, 1.82) is 0 Å². The van der Waals surface area contributed by atoms with Gasteiger partial charge in [0.05, 0.1) is 13.7 Å². The molecule has 8 nitrogen and oxygen atoms in total. The van der Waals surface area contributed by atoms with Crippen LogP contribution >= 0.6 is 15.9 Å². The summed E-state index contributed by atoms with van der Waals surface area (Å²) in [6, 6.07) is 46.5. The lowest BCUT2D eigenvalue weighted by atomic mass is 9.73. The lowest BCUT2D eigenvalue weighted by Crippen LogP contribution is -2.70. The summed E-state index contributed by atoms with van der Waals surface area (Å²) in [6.07, 6.45) is 0.110. The number of rotatable bonds is 10. The first-order chi connectivity index (χ1) is 25.9. The molecule has 0 aromatic heterocycles. The van der Waals surface area contributed by atoms with Crippen LogP contribution in [0.3, 0.4) is 0 Å². The van der Waals surface area contributed by atoms with E-state index < -0.39 is 11.7 Å². The van der Waals surface area contributed by atoms with Crippen LogP contribution in [0.4, 0.5) is 10.5 Å². The lowest BCUT2D eigenvalue weighted by Gasteiger charge is -2.58. The number of halogens is 1. The number of fused-ring (bicyclic) bond motifs is 1. The van der Waals surface area contributed by atoms with Crippen molar-refractivity contribution in [2.24, 2.45) is 0 Å². The summed E-state index contributed by atoms with van der Waals surface area (Å²) < 4.78 is 19.6. The second-order valence-electron chi connectivity index (χ2n) is 13.6. The van der Waals surface area contributed by atoms with Crippen molar-refractivity contribution >= 4 is 33.6 Å². The molecule has 2 aliphatic rings. The van der Waals surface area contributed by atoms with Crippen LogP contribution in [0.25, 0.3) is 0 Å². The SMILES string of the molecule is COc1ccc(NC(=O)N2CC[C@H](OC(C)=O)CN3[C@H](COC(c4ccccc4)(c4ccccc4)c4ccccc4)[C@H](c4ccc(Br)cc4)[C@@H]3C2)cc1. The fourth-order valence-corrected chi connectivity index (χ4v) is 8.21. The highest BCUT2D eigenvalue weighted by Crippen LogP contribution is 2.46. The van der Waals surface area contributed by atoms with Crippen molar-refractivity contribution in [2.75, 3.05) is 38.7 Å². The molecular formula is C44H44BrN3O5. The normalized spacial score (nSPS) is 20.2. The molecule has 5 aromatic rings. The number of methoxy groups -OCH3 is 1. The van der Waals surface area contributed by atoms with E-state index in [-0.39, 0.29) is 30.0 Å². The van der Waals surface area contributed by atoms with E-state index in [4.69, 9.17) is 14.2 Å². The molecule has 0 radical (unpaired) electrons. The molecule has 0 spiro atoms. The average molecular weight is 775 g/mol. The predicted molar refractivity (Wildman–Crippen MR) is 210 cm³/mol. The van der Waals surface area contributed by atoms with Crippen molar-refractivity contribution in [2.45, 2.75) is 43.1 Å². The zero-order valence-corrected chi connectivity index (χ0v) is 31.5. The van der Waals surface area contributed by atoms with Gasteiger partial charge in [0.25, 0.3) is 0 Å². The van der Waals surface area contributed by atoms with Crippen molar-refractivity contribution in [1.82, 2.24) is 9.80 Å². The first-order valence-corrected chi connectivity index (χ1v) is 18.8. The van der Waals surface area contributed by atoms with Crippen molar-refractivity contribution in [3.63, 3.8) is 0 Å². The van der Waals surface area contributed by atoms with Gasteiger partial charge in [-0.1, -0.05) is 119 Å². The van der Waals surface area contributed by atoms with Gasteiger partial charge in [0.2, 0.25) is 0 Å². The maximum atomic E-state index is 13.9. The minimum Gasteiger partial charge on any atom is -0.497 e. The number of anilines is 1. The quantitative estimate of drug-likeness (QED) is 0.113. The van der Waals surface area contributed by atoms with E-state index in [9.17, 15) is 9.59 Å². The van der Waals surface area contributed by atoms with Crippen LogP contribution in [0.5, 0.6) is 5.75 Å². The zero-order chi connectivity index (χ0) is 36.8. The molecule has 0 saturated carbocycles. The number of amides is 2. The molecule has 5 aromatic carbocycles. The number of benzene rings is 5. The molecule has 2 saturated heterocycles. The number of nitrogens with one attached hydrogen (secondary N) is 1. The summed E-state index contributed by atoms with van der Waals surface area (Å²) in [6.45, 7) is 3.29. The van der Waals surface area contributed by atoms with Crippen LogP contribution in [-0.4, -0.2) is 73.3 Å². The highest BCUT2D eigenvalue weighted by molar-refractivity contribution is 9.10. The Kier molecular flexibility index (Phi) is 11.2. The number of hydrogen-bond acceptors (Lipinski definition) is 6. The van der Waals surface area contributed by atoms with Crippen LogP contribution in [-0.2, 0) is 19.9 Å². The minimum atomic E-state index is -0.901. The number of carbonyl (C=O) groups excluding carboxylic acids is 2. The highest BCUT2D eigenvalue weighted by Gasteiger charge is 2.53. The van der Waals surface area contributed by atoms with E-state index >= 15 is 0 Å². The van der Waals surface area contributed by atoms with Gasteiger partial charge in [-0.05, 0) is 58.7 Å². The Morgan fingerprint density at radius 2 is 1.34 bits per heavy atom. The summed E-state index contributed by atoms with van der Waals surface area (Å²) in [7, 11) is 1.61. The number of esters is 1. The van der Waals surface area contributed by atoms with E-state index in [1.54, 1.807) is 7.11 Å². The largest absolute Gasteiger partial charge is 0.497 e. The standard InChI is InChI=1S/C44H44BrN3O5/c1-31(49)53-39-26-27-47(43(50)46-37-22-24-38(51-2)25-23-37)29-40-42(32-18-20-36(45)21-19-32)41(48(40)28-39)30-52-44(33-12-6-3-7-13-33,34-14-8-4-9-15-34)35-16-10-5-11-17-35/h3-25,39-42H,26-30H2,1-2H3,(H,46,50)/t39-,40-,41+,42+/m0/s1. The molecule has 1 N–H and O–H groups in total. The second-order valence-corrected chi connectivity index (χ2v) is 14.5. The van der Waals surface area contributed by atoms with E-state index in [2.05, 4.69) is 123 Å². The lowest BCUT2D eigenvalue weighted by molar-refractivity contribution is -0.156. The Labute approximate surface area is 319 Å². The van der Waals surface area contributed by atoms with Gasteiger partial charge in [-0.3, -0.25) is 9.69 Å². The van der Waals surface area contributed by atoms with Crippen LogP contribution in [0.15, 0.2) is 144 Å². The smallest absolute Gasteiger partial charge is 0.321 e. The first kappa shape index (κ1) is 36.4. The molecule has 4 atom stereocenters. The van der Waals surface area contributed by atoms with E-state index in [1.165, 1.54) is 6.92 Å². The Bertz CT molecular complexity index is 1870. The third-order valence-corrected chi connectivity index (χ3v) is 11.0. The monoisotopic (exact) mass is 773 g/mol. The van der Waals surface area contributed by atoms with E-state index in [0.29, 0.717) is 44.1 Å².